The maximum atomic E-state index is 13.0. The fourth-order valence-electron chi connectivity index (χ4n) is 3.96. The van der Waals surface area contributed by atoms with E-state index in [2.05, 4.69) is 21.7 Å². The Bertz CT molecular complexity index is 1370. The summed E-state index contributed by atoms with van der Waals surface area (Å²) in [5.74, 6) is -0.435. The predicted octanol–water partition coefficient (Wildman–Crippen LogP) is 3.53. The van der Waals surface area contributed by atoms with Gasteiger partial charge in [0, 0.05) is 10.9 Å². The Labute approximate surface area is 178 Å². The van der Waals surface area contributed by atoms with E-state index in [4.69, 9.17) is 0 Å². The van der Waals surface area contributed by atoms with Gasteiger partial charge in [-0.3, -0.25) is 9.59 Å². The van der Waals surface area contributed by atoms with Crippen LogP contribution in [0, 0.1) is 0 Å². The molecular formula is C25H20N4O2. The monoisotopic (exact) mass is 408 g/mol. The molecule has 6 nitrogen and oxygen atoms in total. The summed E-state index contributed by atoms with van der Waals surface area (Å²) in [7, 11) is 0. The highest BCUT2D eigenvalue weighted by Gasteiger charge is 2.19. The fraction of sp³-hybridized carbons (Fsp3) is 0.120. The van der Waals surface area contributed by atoms with Gasteiger partial charge in [-0.2, -0.15) is 10.2 Å². The number of rotatable bonds is 4. The van der Waals surface area contributed by atoms with Crippen molar-refractivity contribution in [3.63, 3.8) is 0 Å². The van der Waals surface area contributed by atoms with E-state index >= 15 is 0 Å². The number of carbonyl (C=O) groups is 1. The molecule has 6 heteroatoms. The van der Waals surface area contributed by atoms with Gasteiger partial charge in [0.15, 0.2) is 5.69 Å². The third-order valence-corrected chi connectivity index (χ3v) is 5.51. The lowest BCUT2D eigenvalue weighted by atomic mass is 10.1. The molecule has 152 valence electrons. The number of hydrazone groups is 1. The molecule has 1 aliphatic carbocycles. The SMILES string of the molecule is O=C(N/N=C1\CCc2ccccc21)c1nn(Cc2ccccc2)c(=O)c2ccccc12. The van der Waals surface area contributed by atoms with Gasteiger partial charge in [0.2, 0.25) is 0 Å². The second-order valence-corrected chi connectivity index (χ2v) is 7.50. The molecular weight excluding hydrogens is 388 g/mol. The zero-order chi connectivity index (χ0) is 21.2. The lowest BCUT2D eigenvalue weighted by Crippen LogP contribution is -2.29. The van der Waals surface area contributed by atoms with E-state index in [1.165, 1.54) is 10.2 Å². The molecule has 0 radical (unpaired) electrons. The maximum absolute atomic E-state index is 13.0. The minimum Gasteiger partial charge on any atom is -0.267 e. The molecule has 1 N–H and O–H groups in total. The average Bonchev–Trinajstić information content (AvgIpc) is 3.23. The Morgan fingerprint density at radius 2 is 1.61 bits per heavy atom. The van der Waals surface area contributed by atoms with Gasteiger partial charge < -0.3 is 0 Å². The molecule has 5 rings (SSSR count). The Morgan fingerprint density at radius 3 is 2.45 bits per heavy atom. The van der Waals surface area contributed by atoms with Crippen LogP contribution in [0.2, 0.25) is 0 Å². The first-order chi connectivity index (χ1) is 15.2. The van der Waals surface area contributed by atoms with E-state index in [1.54, 1.807) is 24.3 Å². The Balaban J connectivity index is 1.51. The third kappa shape index (κ3) is 3.64. The first-order valence-corrected chi connectivity index (χ1v) is 10.2. The number of aromatic nitrogens is 2. The lowest BCUT2D eigenvalue weighted by molar-refractivity contribution is 0.0949. The first-order valence-electron chi connectivity index (χ1n) is 10.2. The number of fused-ring (bicyclic) bond motifs is 2. The van der Waals surface area contributed by atoms with Crippen LogP contribution in [0.25, 0.3) is 10.8 Å². The molecule has 1 amide bonds. The van der Waals surface area contributed by atoms with Gasteiger partial charge in [0.05, 0.1) is 17.6 Å². The molecule has 0 atom stereocenters. The minimum absolute atomic E-state index is 0.182. The smallest absolute Gasteiger partial charge is 0.267 e. The van der Waals surface area contributed by atoms with Crippen molar-refractivity contribution >= 4 is 22.4 Å². The molecule has 1 heterocycles. The van der Waals surface area contributed by atoms with Crippen molar-refractivity contribution in [3.8, 4) is 0 Å². The summed E-state index contributed by atoms with van der Waals surface area (Å²) in [5, 5.41) is 9.75. The van der Waals surface area contributed by atoms with Crippen LogP contribution in [0.15, 0.2) is 88.8 Å². The molecule has 1 aliphatic rings. The highest BCUT2D eigenvalue weighted by molar-refractivity contribution is 6.07. The summed E-state index contributed by atoms with van der Waals surface area (Å²) in [5.41, 5.74) is 6.69. The van der Waals surface area contributed by atoms with Crippen molar-refractivity contribution in [3.05, 3.63) is 112 Å². The summed E-state index contributed by atoms with van der Waals surface area (Å²) in [6.07, 6.45) is 1.69. The van der Waals surface area contributed by atoms with Crippen LogP contribution in [0.3, 0.4) is 0 Å². The van der Waals surface area contributed by atoms with E-state index < -0.39 is 5.91 Å². The summed E-state index contributed by atoms with van der Waals surface area (Å²) in [6.45, 7) is 0.284. The van der Waals surface area contributed by atoms with E-state index in [-0.39, 0.29) is 17.8 Å². The average molecular weight is 408 g/mol. The number of hydrogen-bond acceptors (Lipinski definition) is 4. The zero-order valence-corrected chi connectivity index (χ0v) is 16.8. The van der Waals surface area contributed by atoms with E-state index in [0.29, 0.717) is 10.8 Å². The number of carbonyl (C=O) groups excluding carboxylic acids is 1. The first kappa shape index (κ1) is 18.9. The maximum Gasteiger partial charge on any atom is 0.292 e. The van der Waals surface area contributed by atoms with Crippen LogP contribution in [-0.2, 0) is 13.0 Å². The molecule has 4 aromatic rings. The van der Waals surface area contributed by atoms with Gasteiger partial charge in [0.25, 0.3) is 11.5 Å². The van der Waals surface area contributed by atoms with Gasteiger partial charge in [-0.1, -0.05) is 72.8 Å². The summed E-state index contributed by atoms with van der Waals surface area (Å²) >= 11 is 0. The molecule has 0 aliphatic heterocycles. The molecule has 0 saturated heterocycles. The quantitative estimate of drug-likeness (QED) is 0.525. The van der Waals surface area contributed by atoms with E-state index in [1.807, 2.05) is 48.5 Å². The predicted molar refractivity (Wildman–Crippen MR) is 120 cm³/mol. The highest BCUT2D eigenvalue weighted by Crippen LogP contribution is 2.22. The van der Waals surface area contributed by atoms with Gasteiger partial charge in [-0.05, 0) is 30.0 Å². The lowest BCUT2D eigenvalue weighted by Gasteiger charge is -2.10. The Kier molecular flexibility index (Phi) is 4.88. The Morgan fingerprint density at radius 1 is 0.903 bits per heavy atom. The highest BCUT2D eigenvalue weighted by atomic mass is 16.2. The molecule has 0 saturated carbocycles. The van der Waals surface area contributed by atoms with Gasteiger partial charge in [0.1, 0.15) is 0 Å². The van der Waals surface area contributed by atoms with Gasteiger partial charge in [-0.15, -0.1) is 0 Å². The molecule has 3 aromatic carbocycles. The number of hydrogen-bond donors (Lipinski definition) is 1. The Hall–Kier alpha value is -4.06. The van der Waals surface area contributed by atoms with Crippen molar-refractivity contribution < 1.29 is 4.79 Å². The minimum atomic E-state index is -0.435. The normalized spacial score (nSPS) is 14.0. The van der Waals surface area contributed by atoms with Crippen molar-refractivity contribution in [1.82, 2.24) is 15.2 Å². The number of nitrogens with one attached hydrogen (secondary N) is 1. The standard InChI is InChI=1S/C25H20N4O2/c30-24(27-26-22-15-14-18-10-4-5-11-19(18)22)23-20-12-6-7-13-21(20)25(31)29(28-23)16-17-8-2-1-3-9-17/h1-13H,14-16H2,(H,27,30)/b26-22+. The van der Waals surface area contributed by atoms with Gasteiger partial charge in [-0.25, -0.2) is 10.1 Å². The second kappa shape index (κ2) is 7.99. The molecule has 1 aromatic heterocycles. The van der Waals surface area contributed by atoms with Gasteiger partial charge >= 0.3 is 0 Å². The van der Waals surface area contributed by atoms with Crippen LogP contribution >= 0.6 is 0 Å². The number of nitrogens with zero attached hydrogens (tertiary/aromatic N) is 3. The van der Waals surface area contributed by atoms with E-state index in [0.717, 1.165) is 29.7 Å². The number of aryl methyl sites for hydroxylation is 1. The summed E-state index contributed by atoms with van der Waals surface area (Å²) < 4.78 is 1.34. The number of benzene rings is 3. The fourth-order valence-corrected chi connectivity index (χ4v) is 3.96. The molecule has 0 fully saturated rings. The van der Waals surface area contributed by atoms with Crippen LogP contribution in [0.5, 0.6) is 0 Å². The van der Waals surface area contributed by atoms with Crippen LogP contribution in [0.4, 0.5) is 0 Å². The molecule has 31 heavy (non-hydrogen) atoms. The van der Waals surface area contributed by atoms with Crippen molar-refractivity contribution in [2.75, 3.05) is 0 Å². The molecule has 0 unspecified atom stereocenters. The molecule has 0 spiro atoms. The topological polar surface area (TPSA) is 76.3 Å². The van der Waals surface area contributed by atoms with Crippen LogP contribution < -0.4 is 11.0 Å². The summed E-state index contributed by atoms with van der Waals surface area (Å²) in [6, 6.07) is 24.7. The van der Waals surface area contributed by atoms with Crippen LogP contribution in [-0.4, -0.2) is 21.4 Å². The third-order valence-electron chi connectivity index (χ3n) is 5.51. The zero-order valence-electron chi connectivity index (χ0n) is 16.8. The van der Waals surface area contributed by atoms with E-state index in [9.17, 15) is 9.59 Å². The summed E-state index contributed by atoms with van der Waals surface area (Å²) in [4.78, 5) is 26.0. The molecule has 0 bridgehead atoms. The number of amides is 1. The largest absolute Gasteiger partial charge is 0.292 e. The van der Waals surface area contributed by atoms with Crippen LogP contribution in [0.1, 0.15) is 33.6 Å². The van der Waals surface area contributed by atoms with Crippen molar-refractivity contribution in [2.24, 2.45) is 5.10 Å². The second-order valence-electron chi connectivity index (χ2n) is 7.50. The van der Waals surface area contributed by atoms with Crippen molar-refractivity contribution in [2.45, 2.75) is 19.4 Å². The van der Waals surface area contributed by atoms with Crippen molar-refractivity contribution in [1.29, 1.82) is 0 Å².